The van der Waals surface area contributed by atoms with Crippen molar-refractivity contribution >= 4 is 11.4 Å². The van der Waals surface area contributed by atoms with Crippen molar-refractivity contribution in [3.05, 3.63) is 79.1 Å². The highest BCUT2D eigenvalue weighted by atomic mass is 16.2. The Balaban J connectivity index is 1.58. The van der Waals surface area contributed by atoms with E-state index in [-0.39, 0.29) is 10.9 Å². The molecule has 0 bridgehead atoms. The van der Waals surface area contributed by atoms with Gasteiger partial charge in [0.2, 0.25) is 10.9 Å². The van der Waals surface area contributed by atoms with E-state index in [0.717, 1.165) is 37.3 Å². The maximum absolute atomic E-state index is 12.4. The van der Waals surface area contributed by atoms with Crippen LogP contribution in [0.25, 0.3) is 11.1 Å². The molecule has 0 radical (unpaired) electrons. The molecule has 4 nitrogen and oxygen atoms in total. The summed E-state index contributed by atoms with van der Waals surface area (Å²) in [5.41, 5.74) is 7.47. The monoisotopic (exact) mass is 374 g/mol. The van der Waals surface area contributed by atoms with Gasteiger partial charge in [-0.1, -0.05) is 30.3 Å². The summed E-state index contributed by atoms with van der Waals surface area (Å²) in [5, 5.41) is 0. The van der Waals surface area contributed by atoms with Crippen molar-refractivity contribution in [1.82, 2.24) is 0 Å². The highest BCUT2D eigenvalue weighted by Crippen LogP contribution is 2.30. The highest BCUT2D eigenvalue weighted by Gasteiger charge is 2.29. The number of nitrogens with zero attached hydrogens (tertiary/aromatic N) is 2. The van der Waals surface area contributed by atoms with Gasteiger partial charge in [0.1, 0.15) is 5.69 Å². The highest BCUT2D eigenvalue weighted by molar-refractivity contribution is 5.83. The molecule has 0 amide bonds. The van der Waals surface area contributed by atoms with Gasteiger partial charge in [-0.05, 0) is 61.6 Å². The largest absolute Gasteiger partial charge is 0.368 e. The Hall–Kier alpha value is -2.88. The van der Waals surface area contributed by atoms with E-state index in [1.54, 1.807) is 0 Å². The van der Waals surface area contributed by atoms with Gasteiger partial charge in [-0.25, -0.2) is 0 Å². The third kappa shape index (κ3) is 3.03. The molecular formula is C24H26N2O2. The van der Waals surface area contributed by atoms with Crippen molar-refractivity contribution in [2.24, 2.45) is 0 Å². The van der Waals surface area contributed by atoms with Crippen LogP contribution in [0.5, 0.6) is 0 Å². The summed E-state index contributed by atoms with van der Waals surface area (Å²) in [5.74, 6) is 0. The van der Waals surface area contributed by atoms with Crippen LogP contribution in [0.1, 0.15) is 22.3 Å². The molecule has 3 aromatic carbocycles. The van der Waals surface area contributed by atoms with Crippen LogP contribution >= 0.6 is 0 Å². The minimum atomic E-state index is -0.352. The number of hydrogen-bond donors (Lipinski definition) is 0. The standard InChI is InChI=1S/C24H26N2O2/c1-15-5-6-17(3)20(13-15)25-9-11-26(12-10-25)22-21(23(27)24(22)28)19-8-7-16(2)18(4)14-19/h5-8,13-14H,9-12H2,1-4H3. The van der Waals surface area contributed by atoms with Crippen LogP contribution in [0.15, 0.2) is 46.0 Å². The molecule has 0 aliphatic carbocycles. The third-order valence-corrected chi connectivity index (χ3v) is 5.98. The van der Waals surface area contributed by atoms with Crippen molar-refractivity contribution in [3.8, 4) is 11.1 Å². The number of hydrogen-bond acceptors (Lipinski definition) is 4. The second kappa shape index (κ2) is 6.93. The Morgan fingerprint density at radius 3 is 2.00 bits per heavy atom. The summed E-state index contributed by atoms with van der Waals surface area (Å²) < 4.78 is 0. The van der Waals surface area contributed by atoms with Crippen LogP contribution in [0.2, 0.25) is 0 Å². The summed E-state index contributed by atoms with van der Waals surface area (Å²) in [6.45, 7) is 11.5. The minimum absolute atomic E-state index is 0.339. The molecule has 28 heavy (non-hydrogen) atoms. The van der Waals surface area contributed by atoms with E-state index in [2.05, 4.69) is 48.8 Å². The maximum Gasteiger partial charge on any atom is 0.250 e. The fourth-order valence-corrected chi connectivity index (χ4v) is 4.08. The lowest BCUT2D eigenvalue weighted by molar-refractivity contribution is 0.649. The van der Waals surface area contributed by atoms with E-state index in [1.165, 1.54) is 22.4 Å². The lowest BCUT2D eigenvalue weighted by atomic mass is 9.94. The first-order valence-electron chi connectivity index (χ1n) is 9.85. The zero-order valence-corrected chi connectivity index (χ0v) is 17.0. The first-order chi connectivity index (χ1) is 13.4. The second-order valence-electron chi connectivity index (χ2n) is 7.94. The molecule has 4 rings (SSSR count). The van der Waals surface area contributed by atoms with Crippen molar-refractivity contribution in [1.29, 1.82) is 0 Å². The van der Waals surface area contributed by atoms with Crippen LogP contribution in [-0.2, 0) is 0 Å². The molecule has 1 aliphatic rings. The molecule has 144 valence electrons. The zero-order valence-electron chi connectivity index (χ0n) is 17.0. The van der Waals surface area contributed by atoms with E-state index >= 15 is 0 Å². The van der Waals surface area contributed by atoms with Crippen LogP contribution in [0.3, 0.4) is 0 Å². The van der Waals surface area contributed by atoms with Gasteiger partial charge in [0.25, 0.3) is 0 Å². The van der Waals surface area contributed by atoms with Gasteiger partial charge in [-0.15, -0.1) is 0 Å². The quantitative estimate of drug-likeness (QED) is 0.658. The van der Waals surface area contributed by atoms with Gasteiger partial charge < -0.3 is 9.80 Å². The normalized spacial score (nSPS) is 14.7. The fourth-order valence-electron chi connectivity index (χ4n) is 4.08. The third-order valence-electron chi connectivity index (χ3n) is 5.98. The van der Waals surface area contributed by atoms with Gasteiger partial charge in [0.05, 0.1) is 5.56 Å². The van der Waals surface area contributed by atoms with Crippen LogP contribution in [0, 0.1) is 27.7 Å². The van der Waals surface area contributed by atoms with Gasteiger partial charge in [-0.2, -0.15) is 0 Å². The van der Waals surface area contributed by atoms with Crippen LogP contribution < -0.4 is 20.7 Å². The van der Waals surface area contributed by atoms with Gasteiger partial charge >= 0.3 is 0 Å². The molecule has 1 aliphatic heterocycles. The number of rotatable bonds is 3. The Bertz CT molecular complexity index is 1110. The first-order valence-corrected chi connectivity index (χ1v) is 9.85. The van der Waals surface area contributed by atoms with Gasteiger partial charge in [0, 0.05) is 31.9 Å². The van der Waals surface area contributed by atoms with Crippen molar-refractivity contribution in [2.75, 3.05) is 36.0 Å². The average Bonchev–Trinajstić information content (AvgIpc) is 2.69. The second-order valence-corrected chi connectivity index (χ2v) is 7.94. The van der Waals surface area contributed by atoms with Crippen molar-refractivity contribution in [3.63, 3.8) is 0 Å². The molecule has 1 heterocycles. The van der Waals surface area contributed by atoms with E-state index in [0.29, 0.717) is 11.3 Å². The molecule has 3 aromatic rings. The lowest BCUT2D eigenvalue weighted by Crippen LogP contribution is -2.51. The Morgan fingerprint density at radius 1 is 0.679 bits per heavy atom. The summed E-state index contributed by atoms with van der Waals surface area (Å²) in [6.07, 6.45) is 0. The molecular weight excluding hydrogens is 348 g/mol. The van der Waals surface area contributed by atoms with E-state index in [4.69, 9.17) is 0 Å². The molecule has 4 heteroatoms. The van der Waals surface area contributed by atoms with E-state index in [1.807, 2.05) is 25.1 Å². The van der Waals surface area contributed by atoms with Crippen molar-refractivity contribution in [2.45, 2.75) is 27.7 Å². The molecule has 1 saturated heterocycles. The molecule has 0 atom stereocenters. The smallest absolute Gasteiger partial charge is 0.250 e. The van der Waals surface area contributed by atoms with Gasteiger partial charge in [0.15, 0.2) is 0 Å². The summed E-state index contributed by atoms with van der Waals surface area (Å²) in [7, 11) is 0. The zero-order chi connectivity index (χ0) is 20.0. The van der Waals surface area contributed by atoms with Crippen molar-refractivity contribution < 1.29 is 0 Å². The predicted molar refractivity (Wildman–Crippen MR) is 117 cm³/mol. The van der Waals surface area contributed by atoms with Crippen LogP contribution in [0.4, 0.5) is 11.4 Å². The first kappa shape index (κ1) is 18.5. The molecule has 0 saturated carbocycles. The van der Waals surface area contributed by atoms with Crippen LogP contribution in [-0.4, -0.2) is 26.2 Å². The summed E-state index contributed by atoms with van der Waals surface area (Å²) in [6, 6.07) is 12.5. The molecule has 0 aromatic heterocycles. The molecule has 0 N–H and O–H groups in total. The lowest BCUT2D eigenvalue weighted by Gasteiger charge is -2.39. The molecule has 0 unspecified atom stereocenters. The predicted octanol–water partition coefficient (Wildman–Crippen LogP) is 3.51. The Labute approximate surface area is 165 Å². The minimum Gasteiger partial charge on any atom is -0.368 e. The maximum atomic E-state index is 12.4. The fraction of sp³-hybridized carbons (Fsp3) is 0.333. The number of aryl methyl sites for hydroxylation is 4. The SMILES string of the molecule is Cc1ccc(C)c(N2CCN(c3c(-c4ccc(C)c(C)c4)c(=O)c3=O)CC2)c1. The average molecular weight is 374 g/mol. The van der Waals surface area contributed by atoms with E-state index in [9.17, 15) is 9.59 Å². The molecule has 0 spiro atoms. The number of benzene rings is 2. The molecule has 1 fully saturated rings. The Kier molecular flexibility index (Phi) is 4.58. The topological polar surface area (TPSA) is 40.6 Å². The Morgan fingerprint density at radius 2 is 1.32 bits per heavy atom. The summed E-state index contributed by atoms with van der Waals surface area (Å²) >= 11 is 0. The number of anilines is 2. The van der Waals surface area contributed by atoms with Gasteiger partial charge in [-0.3, -0.25) is 9.59 Å². The number of piperazine rings is 1. The summed E-state index contributed by atoms with van der Waals surface area (Å²) in [4.78, 5) is 29.2. The van der Waals surface area contributed by atoms with E-state index < -0.39 is 0 Å².